The molecule has 3 aromatic rings. The first-order valence-corrected chi connectivity index (χ1v) is 8.88. The molecule has 2 aromatic carbocycles. The number of rotatable bonds is 7. The minimum absolute atomic E-state index is 0.00128. The Kier molecular flexibility index (Phi) is 6.26. The number of carbonyl (C=O) groups is 1. The number of halogens is 1. The fourth-order valence-electron chi connectivity index (χ4n) is 2.58. The predicted octanol–water partition coefficient (Wildman–Crippen LogP) is 4.19. The van der Waals surface area contributed by atoms with E-state index in [9.17, 15) is 25.0 Å². The maximum absolute atomic E-state index is 12.3. The molecule has 0 atom stereocenters. The van der Waals surface area contributed by atoms with E-state index in [1.807, 2.05) is 0 Å². The summed E-state index contributed by atoms with van der Waals surface area (Å²) in [4.78, 5) is 33.0. The summed E-state index contributed by atoms with van der Waals surface area (Å²) in [6.45, 7) is 0. The van der Waals surface area contributed by atoms with Gasteiger partial charge in [0.15, 0.2) is 0 Å². The summed E-state index contributed by atoms with van der Waals surface area (Å²) in [5.74, 6) is -0.00775. The molecule has 0 aliphatic carbocycles. The first-order chi connectivity index (χ1) is 14.8. The summed E-state index contributed by atoms with van der Waals surface area (Å²) in [6.07, 6.45) is 1.20. The summed E-state index contributed by atoms with van der Waals surface area (Å²) in [6, 6.07) is 10.9. The molecule has 158 valence electrons. The van der Waals surface area contributed by atoms with Gasteiger partial charge in [-0.15, -0.1) is 0 Å². The lowest BCUT2D eigenvalue weighted by molar-refractivity contribution is -0.385. The Labute approximate surface area is 179 Å². The highest BCUT2D eigenvalue weighted by Crippen LogP contribution is 2.31. The average Bonchev–Trinajstić information content (AvgIpc) is 3.22. The Hall–Kier alpha value is -4.25. The third-order valence-corrected chi connectivity index (χ3v) is 4.37. The van der Waals surface area contributed by atoms with Crippen LogP contribution in [0.2, 0.25) is 5.02 Å². The normalized spacial score (nSPS) is 10.8. The Morgan fingerprint density at radius 1 is 1.13 bits per heavy atom. The zero-order valence-corrected chi connectivity index (χ0v) is 16.5. The van der Waals surface area contributed by atoms with Crippen LogP contribution < -0.4 is 10.2 Å². The van der Waals surface area contributed by atoms with Crippen LogP contribution in [-0.2, 0) is 0 Å². The number of ether oxygens (including phenoxy) is 1. The van der Waals surface area contributed by atoms with Crippen LogP contribution >= 0.6 is 11.6 Å². The molecule has 0 spiro atoms. The van der Waals surface area contributed by atoms with Crippen LogP contribution in [0.4, 0.5) is 11.4 Å². The summed E-state index contributed by atoms with van der Waals surface area (Å²) < 4.78 is 10.6. The Morgan fingerprint density at radius 3 is 2.58 bits per heavy atom. The smallest absolute Gasteiger partial charge is 0.288 e. The number of benzene rings is 2. The Balaban J connectivity index is 1.75. The van der Waals surface area contributed by atoms with E-state index < -0.39 is 15.8 Å². The number of carbonyl (C=O) groups excluding carboxylic acids is 1. The van der Waals surface area contributed by atoms with Crippen LogP contribution in [0.1, 0.15) is 16.1 Å². The second-order valence-corrected chi connectivity index (χ2v) is 6.37. The molecule has 0 saturated carbocycles. The van der Waals surface area contributed by atoms with Crippen molar-refractivity contribution < 1.29 is 23.8 Å². The van der Waals surface area contributed by atoms with Crippen LogP contribution in [-0.4, -0.2) is 29.1 Å². The van der Waals surface area contributed by atoms with Gasteiger partial charge in [0.25, 0.3) is 17.3 Å². The molecule has 0 unspecified atom stereocenters. The number of non-ortho nitro benzene ring substituents is 1. The zero-order valence-electron chi connectivity index (χ0n) is 15.8. The number of furan rings is 1. The molecule has 31 heavy (non-hydrogen) atoms. The van der Waals surface area contributed by atoms with E-state index in [4.69, 9.17) is 20.8 Å². The number of hydrazone groups is 1. The topological polar surface area (TPSA) is 150 Å². The van der Waals surface area contributed by atoms with Crippen molar-refractivity contribution in [1.82, 2.24) is 5.43 Å². The Bertz CT molecular complexity index is 1210. The molecule has 0 radical (unpaired) electrons. The van der Waals surface area contributed by atoms with E-state index in [1.165, 1.54) is 37.6 Å². The maximum atomic E-state index is 12.3. The molecule has 1 N–H and O–H groups in total. The van der Waals surface area contributed by atoms with Gasteiger partial charge in [-0.25, -0.2) is 5.43 Å². The van der Waals surface area contributed by atoms with E-state index in [1.54, 1.807) is 18.2 Å². The second-order valence-electron chi connectivity index (χ2n) is 5.97. The fraction of sp³-hybridized carbons (Fsp3) is 0.0526. The maximum Gasteiger partial charge on any atom is 0.288 e. The molecule has 1 heterocycles. The van der Waals surface area contributed by atoms with E-state index in [0.717, 1.165) is 6.07 Å². The molecule has 0 aliphatic heterocycles. The van der Waals surface area contributed by atoms with Gasteiger partial charge in [0.2, 0.25) is 0 Å². The predicted molar refractivity (Wildman–Crippen MR) is 111 cm³/mol. The number of nitrogens with one attached hydrogen (secondary N) is 1. The van der Waals surface area contributed by atoms with Gasteiger partial charge in [-0.1, -0.05) is 11.6 Å². The number of nitro benzene ring substituents is 2. The fourth-order valence-corrected chi connectivity index (χ4v) is 2.77. The second kappa shape index (κ2) is 9.05. The number of hydrogen-bond donors (Lipinski definition) is 1. The van der Waals surface area contributed by atoms with Crippen molar-refractivity contribution >= 4 is 35.1 Å². The first-order valence-electron chi connectivity index (χ1n) is 8.50. The van der Waals surface area contributed by atoms with E-state index >= 15 is 0 Å². The highest BCUT2D eigenvalue weighted by molar-refractivity contribution is 6.32. The van der Waals surface area contributed by atoms with E-state index in [-0.39, 0.29) is 33.5 Å². The standard InChI is InChI=1S/C19H13ClN4O7/c1-30-18-6-3-12(23(26)27)9-14(18)19(25)22-21-10-13-4-7-17(31-13)11-2-5-15(20)16(8-11)24(28)29/h2-10H,1H3,(H,22,25)/b21-10-. The number of nitro groups is 2. The summed E-state index contributed by atoms with van der Waals surface area (Å²) in [5.41, 5.74) is 2.06. The molecule has 0 aliphatic rings. The van der Waals surface area contributed by atoms with Crippen LogP contribution in [0, 0.1) is 20.2 Å². The van der Waals surface area contributed by atoms with E-state index in [0.29, 0.717) is 11.3 Å². The SMILES string of the molecule is COc1ccc([N+](=O)[O-])cc1C(=O)N/N=C\c1ccc(-c2ccc(Cl)c([N+](=O)[O-])c2)o1. The van der Waals surface area contributed by atoms with E-state index in [2.05, 4.69) is 10.5 Å². The number of methoxy groups -OCH3 is 1. The van der Waals surface area contributed by atoms with Crippen molar-refractivity contribution in [1.29, 1.82) is 0 Å². The third-order valence-electron chi connectivity index (χ3n) is 4.05. The average molecular weight is 445 g/mol. The van der Waals surface area contributed by atoms with Crippen LogP contribution in [0.15, 0.2) is 58.0 Å². The van der Waals surface area contributed by atoms with Gasteiger partial charge >= 0.3 is 0 Å². The van der Waals surface area contributed by atoms with Crippen LogP contribution in [0.3, 0.4) is 0 Å². The highest BCUT2D eigenvalue weighted by Gasteiger charge is 2.17. The largest absolute Gasteiger partial charge is 0.496 e. The first kappa shape index (κ1) is 21.5. The molecule has 3 rings (SSSR count). The highest BCUT2D eigenvalue weighted by atomic mass is 35.5. The minimum Gasteiger partial charge on any atom is -0.496 e. The number of nitrogens with zero attached hydrogens (tertiary/aromatic N) is 3. The Morgan fingerprint density at radius 2 is 1.90 bits per heavy atom. The number of hydrogen-bond acceptors (Lipinski definition) is 8. The molecule has 1 aromatic heterocycles. The van der Waals surface area contributed by atoms with Crippen molar-refractivity contribution in [3.63, 3.8) is 0 Å². The lowest BCUT2D eigenvalue weighted by Gasteiger charge is -2.06. The monoisotopic (exact) mass is 444 g/mol. The molecule has 1 amide bonds. The van der Waals surface area contributed by atoms with Crippen molar-refractivity contribution in [3.8, 4) is 17.1 Å². The van der Waals surface area contributed by atoms with Crippen LogP contribution in [0.5, 0.6) is 5.75 Å². The third kappa shape index (κ3) is 4.85. The molecule has 0 bridgehead atoms. The quantitative estimate of drug-likeness (QED) is 0.326. The van der Waals surface area contributed by atoms with Gasteiger partial charge in [-0.2, -0.15) is 5.10 Å². The number of amides is 1. The molecular weight excluding hydrogens is 432 g/mol. The lowest BCUT2D eigenvalue weighted by atomic mass is 10.1. The van der Waals surface area contributed by atoms with Crippen molar-refractivity contribution in [2.75, 3.05) is 7.11 Å². The minimum atomic E-state index is -0.725. The summed E-state index contributed by atoms with van der Waals surface area (Å²) in [5, 5.41) is 25.7. The van der Waals surface area contributed by atoms with Crippen molar-refractivity contribution in [2.24, 2.45) is 5.10 Å². The van der Waals surface area contributed by atoms with Gasteiger partial charge < -0.3 is 9.15 Å². The molecular formula is C19H13ClN4O7. The lowest BCUT2D eigenvalue weighted by Crippen LogP contribution is -2.18. The molecule has 0 saturated heterocycles. The molecule has 11 nitrogen and oxygen atoms in total. The van der Waals surface area contributed by atoms with Crippen LogP contribution in [0.25, 0.3) is 11.3 Å². The van der Waals surface area contributed by atoms with Crippen molar-refractivity contribution in [3.05, 3.63) is 85.1 Å². The van der Waals surface area contributed by atoms with Gasteiger partial charge in [-0.3, -0.25) is 25.0 Å². The van der Waals surface area contributed by atoms with Gasteiger partial charge in [0, 0.05) is 23.8 Å². The molecule has 0 fully saturated rings. The summed E-state index contributed by atoms with van der Waals surface area (Å²) >= 11 is 5.80. The zero-order chi connectivity index (χ0) is 22.5. The van der Waals surface area contributed by atoms with Gasteiger partial charge in [0.05, 0.1) is 28.7 Å². The summed E-state index contributed by atoms with van der Waals surface area (Å²) in [7, 11) is 1.33. The van der Waals surface area contributed by atoms with Gasteiger partial charge in [-0.05, 0) is 30.3 Å². The van der Waals surface area contributed by atoms with Gasteiger partial charge in [0.1, 0.15) is 22.3 Å². The van der Waals surface area contributed by atoms with Crippen molar-refractivity contribution in [2.45, 2.75) is 0 Å². The molecule has 12 heteroatoms.